The molecule has 0 radical (unpaired) electrons. The number of allylic oxidation sites excluding steroid dienone is 2. The molecule has 1 nitrogen and oxygen atoms in total. The summed E-state index contributed by atoms with van der Waals surface area (Å²) in [6.07, 6.45) is -5.60. The van der Waals surface area contributed by atoms with E-state index in [1.807, 2.05) is 0 Å². The standard InChI is InChI=1S/C50H31BF15OP.2CHCl3/c1-23-18-20-28(21-19-23)29(22-27(5)68(30-15-9-6-12-24(30)2,31-16-10-7-13-25(31)3)32-17-11-8-14-26(32)4)67-51(33-36(52)42(58)48(64)43(59)37(33)53,34-38(54)44(60)49(65)45(61)39(34)55)35-40(56)46(62)50(66)47(63)41(35)57;2*2-1(3)4/h6-22H,5H2,1-4H3;2*1H/b29-22+;;. The molecule has 0 saturated heterocycles. The Balaban J connectivity index is 0.00000124. The van der Waals surface area contributed by atoms with Gasteiger partial charge in [0, 0.05) is 11.6 Å². The second kappa shape index (κ2) is 25.2. The van der Waals surface area contributed by atoms with Crippen LogP contribution in [0.15, 0.2) is 115 Å². The molecule has 0 heterocycles. The fraction of sp³-hybridized carbons (Fsp3) is 0.115. The molecule has 0 bridgehead atoms. The second-order valence-corrected chi connectivity index (χ2v) is 23.6. The Kier molecular flexibility index (Phi) is 20.5. The molecule has 7 aromatic carbocycles. The Morgan fingerprint density at radius 2 is 0.645 bits per heavy atom. The average Bonchev–Trinajstić information content (AvgIpc) is 3.38. The molecular weight excluding hydrogens is 1180 g/mol. The predicted molar refractivity (Wildman–Crippen MR) is 275 cm³/mol. The molecule has 0 N–H and O–H groups in total. The molecule has 0 aliphatic heterocycles. The number of benzene rings is 7. The van der Waals surface area contributed by atoms with Crippen molar-refractivity contribution in [3.8, 4) is 0 Å². The van der Waals surface area contributed by atoms with Gasteiger partial charge in [-0.05, 0) is 62.6 Å². The fourth-order valence-electron chi connectivity index (χ4n) is 8.56. The largest absolute Gasteiger partial charge is 0.702 e. The minimum absolute atomic E-state index is 0.136. The summed E-state index contributed by atoms with van der Waals surface area (Å²) in [7, 11) is -3.64. The van der Waals surface area contributed by atoms with E-state index < -0.39 is 137 Å². The van der Waals surface area contributed by atoms with Crippen molar-refractivity contribution in [1.82, 2.24) is 0 Å². The fourth-order valence-corrected chi connectivity index (χ4v) is 13.3. The van der Waals surface area contributed by atoms with Crippen LogP contribution in [0.25, 0.3) is 5.76 Å². The van der Waals surface area contributed by atoms with Gasteiger partial charge in [0.15, 0.2) is 60.9 Å². The molecule has 76 heavy (non-hydrogen) atoms. The van der Waals surface area contributed by atoms with Crippen LogP contribution in [0, 0.1) is 115 Å². The molecule has 0 saturated carbocycles. The number of alkyl halides is 6. The highest BCUT2D eigenvalue weighted by Gasteiger charge is 2.54. The summed E-state index contributed by atoms with van der Waals surface area (Å²) in [5, 5.41) is 1.46. The van der Waals surface area contributed by atoms with E-state index in [0.717, 1.165) is 18.2 Å². The van der Waals surface area contributed by atoms with Gasteiger partial charge in [-0.15, -0.1) is 0 Å². The number of hydrogen-bond donors (Lipinski definition) is 0. The number of hydrogen-bond acceptors (Lipinski definition) is 1. The summed E-state index contributed by atoms with van der Waals surface area (Å²) < 4.78 is 243. The van der Waals surface area contributed by atoms with Crippen LogP contribution in [0.5, 0.6) is 0 Å². The average molecular weight is 1210 g/mol. The first-order valence-electron chi connectivity index (χ1n) is 21.3. The lowest BCUT2D eigenvalue weighted by Gasteiger charge is -2.46. The minimum Gasteiger partial charge on any atom is -0.702 e. The molecule has 0 atom stereocenters. The van der Waals surface area contributed by atoms with E-state index in [1.54, 1.807) is 93.6 Å². The van der Waals surface area contributed by atoms with Crippen molar-refractivity contribution in [2.45, 2.75) is 36.3 Å². The molecule has 0 fully saturated rings. The Bertz CT molecular complexity index is 3000. The third-order valence-corrected chi connectivity index (χ3v) is 16.4. The van der Waals surface area contributed by atoms with Gasteiger partial charge in [-0.25, -0.2) is 65.9 Å². The van der Waals surface area contributed by atoms with Crippen molar-refractivity contribution in [3.63, 3.8) is 0 Å². The maximum Gasteiger partial charge on any atom is 0.266 e. The highest BCUT2D eigenvalue weighted by atomic mass is 35.6. The molecule has 0 unspecified atom stereocenters. The lowest BCUT2D eigenvalue weighted by Crippen LogP contribution is -2.74. The third kappa shape index (κ3) is 11.7. The molecule has 24 heteroatoms. The highest BCUT2D eigenvalue weighted by molar-refractivity contribution is 7.99. The topological polar surface area (TPSA) is 9.23 Å². The maximum atomic E-state index is 16.7. The molecule has 7 rings (SSSR count). The van der Waals surface area contributed by atoms with Gasteiger partial charge in [-0.2, -0.15) is 0 Å². The molecule has 0 aliphatic rings. The van der Waals surface area contributed by atoms with Crippen LogP contribution in [0.3, 0.4) is 0 Å². The van der Waals surface area contributed by atoms with E-state index in [2.05, 4.69) is 6.58 Å². The van der Waals surface area contributed by atoms with Crippen LogP contribution in [-0.4, -0.2) is 14.9 Å². The monoisotopic (exact) mass is 1210 g/mol. The normalized spacial score (nSPS) is 11.9. The second-order valence-electron chi connectivity index (χ2n) is 16.2. The van der Waals surface area contributed by atoms with Crippen molar-refractivity contribution in [2.75, 3.05) is 0 Å². The van der Waals surface area contributed by atoms with Crippen molar-refractivity contribution in [1.29, 1.82) is 0 Å². The molecule has 7 aromatic rings. The van der Waals surface area contributed by atoms with Gasteiger partial charge in [-0.1, -0.05) is 177 Å². The maximum absolute atomic E-state index is 16.7. The molecular formula is C52H33BCl6F15OP. The summed E-state index contributed by atoms with van der Waals surface area (Å²) in [4.78, 5) is 0. The number of halogens is 21. The molecule has 0 aliphatic carbocycles. The van der Waals surface area contributed by atoms with Crippen LogP contribution < -0.4 is 32.3 Å². The van der Waals surface area contributed by atoms with Gasteiger partial charge in [-0.3, -0.25) is 0 Å². The van der Waals surface area contributed by atoms with Gasteiger partial charge in [0.25, 0.3) is 6.35 Å². The number of rotatable bonds is 11. The zero-order chi connectivity index (χ0) is 57.0. The molecule has 0 spiro atoms. The van der Waals surface area contributed by atoms with Crippen molar-refractivity contribution in [3.05, 3.63) is 230 Å². The first kappa shape index (κ1) is 61.9. The van der Waals surface area contributed by atoms with Crippen molar-refractivity contribution in [2.24, 2.45) is 0 Å². The Morgan fingerprint density at radius 1 is 0.408 bits per heavy atom. The molecule has 0 aromatic heterocycles. The SMILES string of the molecule is C=C(/C=C(/O[B-](c1c(F)c(F)c(F)c(F)c1F)(c1c(F)c(F)c(F)c(F)c1F)c1c(F)c(F)c(F)c(F)c1F)c1ccc(C)cc1)[P+](c1ccccc1C)(c1ccccc1C)c1ccccc1C.ClC(Cl)Cl.ClC(Cl)Cl. The van der Waals surface area contributed by atoms with E-state index in [-0.39, 0.29) is 5.31 Å². The summed E-state index contributed by atoms with van der Waals surface area (Å²) >= 11 is 28.8. The lowest BCUT2D eigenvalue weighted by atomic mass is 9.27. The Hall–Kier alpha value is -5.00. The summed E-state index contributed by atoms with van der Waals surface area (Å²) in [6, 6.07) is 25.1. The smallest absolute Gasteiger partial charge is 0.266 e. The first-order valence-corrected chi connectivity index (χ1v) is 25.7. The van der Waals surface area contributed by atoms with E-state index >= 15 is 52.7 Å². The summed E-state index contributed by atoms with van der Waals surface area (Å²) in [5.74, 6) is -48.4. The first-order chi connectivity index (χ1) is 35.5. The van der Waals surface area contributed by atoms with Crippen LogP contribution in [0.1, 0.15) is 27.8 Å². The lowest BCUT2D eigenvalue weighted by molar-refractivity contribution is 0.373. The van der Waals surface area contributed by atoms with Crippen LogP contribution in [0.2, 0.25) is 0 Å². The zero-order valence-electron chi connectivity index (χ0n) is 39.0. The van der Waals surface area contributed by atoms with Gasteiger partial charge in [0.05, 0.1) is 5.76 Å². The van der Waals surface area contributed by atoms with E-state index in [4.69, 9.17) is 74.3 Å². The zero-order valence-corrected chi connectivity index (χ0v) is 44.5. The predicted octanol–water partition coefficient (Wildman–Crippen LogP) is 15.5. The van der Waals surface area contributed by atoms with Gasteiger partial charge in [0.2, 0.25) is 0 Å². The Labute approximate surface area is 455 Å². The molecule has 402 valence electrons. The Morgan fingerprint density at radius 3 is 0.895 bits per heavy atom. The molecule has 0 amide bonds. The van der Waals surface area contributed by atoms with E-state index in [1.165, 1.54) is 19.1 Å². The van der Waals surface area contributed by atoms with Crippen LogP contribution in [-0.2, 0) is 4.65 Å². The summed E-state index contributed by atoms with van der Waals surface area (Å²) in [6.45, 7) is 11.1. The minimum atomic E-state index is -6.47. The van der Waals surface area contributed by atoms with Gasteiger partial charge >= 0.3 is 0 Å². The van der Waals surface area contributed by atoms with Crippen molar-refractivity contribution < 1.29 is 70.5 Å². The number of aryl methyl sites for hydroxylation is 4. The van der Waals surface area contributed by atoms with Crippen molar-refractivity contribution >= 4 is 121 Å². The highest BCUT2D eigenvalue weighted by Crippen LogP contribution is 2.64. The third-order valence-electron chi connectivity index (χ3n) is 11.7. The summed E-state index contributed by atoms with van der Waals surface area (Å²) in [5.41, 5.74) is -6.99. The van der Waals surface area contributed by atoms with Crippen LogP contribution >= 0.6 is 76.9 Å². The van der Waals surface area contributed by atoms with Crippen LogP contribution in [0.4, 0.5) is 65.9 Å². The van der Waals surface area contributed by atoms with Gasteiger partial charge < -0.3 is 4.65 Å². The van der Waals surface area contributed by atoms with E-state index in [9.17, 15) is 13.2 Å². The quantitative estimate of drug-likeness (QED) is 0.0183. The van der Waals surface area contributed by atoms with Gasteiger partial charge in [0.1, 0.15) is 63.4 Å². The van der Waals surface area contributed by atoms with E-state index in [0.29, 0.717) is 38.2 Å².